The molecule has 7 heteroatoms. The number of hydrogen-bond acceptors (Lipinski definition) is 5. The second-order valence-electron chi connectivity index (χ2n) is 4.69. The Labute approximate surface area is 119 Å². The standard InChI is InChI=1S/C14H13FN2O4/c15-10-3-1-4-11(14(10)17(18)19)16-6-8-21-13(9-16)12-5-2-7-20-12/h1-5,7,13H,6,8-9H2. The van der Waals surface area contributed by atoms with Crippen molar-refractivity contribution in [3.8, 4) is 0 Å². The summed E-state index contributed by atoms with van der Waals surface area (Å²) in [6.45, 7) is 1.22. The van der Waals surface area contributed by atoms with Crippen molar-refractivity contribution in [3.05, 3.63) is 58.3 Å². The van der Waals surface area contributed by atoms with Gasteiger partial charge in [-0.05, 0) is 24.3 Å². The Morgan fingerprint density at radius 1 is 1.33 bits per heavy atom. The van der Waals surface area contributed by atoms with Crippen LogP contribution in [-0.4, -0.2) is 24.6 Å². The molecule has 1 unspecified atom stereocenters. The first-order valence-electron chi connectivity index (χ1n) is 6.49. The van der Waals surface area contributed by atoms with Gasteiger partial charge in [0.15, 0.2) is 0 Å². The van der Waals surface area contributed by atoms with Crippen molar-refractivity contribution in [1.82, 2.24) is 0 Å². The van der Waals surface area contributed by atoms with Crippen molar-refractivity contribution in [1.29, 1.82) is 0 Å². The number of nitro benzene ring substituents is 1. The van der Waals surface area contributed by atoms with E-state index >= 15 is 0 Å². The molecule has 1 saturated heterocycles. The maximum atomic E-state index is 13.7. The molecular weight excluding hydrogens is 279 g/mol. The number of rotatable bonds is 3. The molecule has 0 aliphatic carbocycles. The molecule has 0 N–H and O–H groups in total. The minimum atomic E-state index is -0.835. The van der Waals surface area contributed by atoms with Gasteiger partial charge in [-0.25, -0.2) is 0 Å². The van der Waals surface area contributed by atoms with Crippen LogP contribution in [0.1, 0.15) is 11.9 Å². The second-order valence-corrected chi connectivity index (χ2v) is 4.69. The molecule has 6 nitrogen and oxygen atoms in total. The SMILES string of the molecule is O=[N+]([O-])c1c(F)cccc1N1CCOC(c2ccco2)C1. The van der Waals surface area contributed by atoms with E-state index in [2.05, 4.69) is 0 Å². The largest absolute Gasteiger partial charge is 0.467 e. The third-order valence-corrected chi connectivity index (χ3v) is 3.42. The number of morpholine rings is 1. The molecule has 2 aromatic rings. The Bertz CT molecular complexity index is 644. The van der Waals surface area contributed by atoms with Crippen LogP contribution in [0.4, 0.5) is 15.8 Å². The van der Waals surface area contributed by atoms with Crippen LogP contribution in [0.15, 0.2) is 41.0 Å². The van der Waals surface area contributed by atoms with Crippen molar-refractivity contribution < 1.29 is 18.5 Å². The summed E-state index contributed by atoms with van der Waals surface area (Å²) in [7, 11) is 0. The van der Waals surface area contributed by atoms with E-state index in [1.807, 2.05) is 0 Å². The number of ether oxygens (including phenoxy) is 1. The molecule has 110 valence electrons. The van der Waals surface area contributed by atoms with Crippen LogP contribution in [0.5, 0.6) is 0 Å². The van der Waals surface area contributed by atoms with Gasteiger partial charge >= 0.3 is 5.69 Å². The molecule has 0 bridgehead atoms. The maximum Gasteiger partial charge on any atom is 0.327 e. The Hall–Kier alpha value is -2.41. The summed E-state index contributed by atoms with van der Waals surface area (Å²) in [5.74, 6) is -0.183. The van der Waals surface area contributed by atoms with Crippen molar-refractivity contribution in [3.63, 3.8) is 0 Å². The third kappa shape index (κ3) is 2.59. The van der Waals surface area contributed by atoms with Crippen LogP contribution < -0.4 is 4.90 Å². The first-order valence-corrected chi connectivity index (χ1v) is 6.49. The Morgan fingerprint density at radius 3 is 2.90 bits per heavy atom. The van der Waals surface area contributed by atoms with Crippen LogP contribution in [-0.2, 0) is 4.74 Å². The highest BCUT2D eigenvalue weighted by Gasteiger charge is 2.30. The van der Waals surface area contributed by atoms with Crippen LogP contribution in [0, 0.1) is 15.9 Å². The molecule has 0 saturated carbocycles. The lowest BCUT2D eigenvalue weighted by Gasteiger charge is -2.33. The van der Waals surface area contributed by atoms with E-state index < -0.39 is 16.4 Å². The minimum absolute atomic E-state index is 0.264. The van der Waals surface area contributed by atoms with E-state index in [9.17, 15) is 14.5 Å². The van der Waals surface area contributed by atoms with Gasteiger partial charge in [0.25, 0.3) is 0 Å². The van der Waals surface area contributed by atoms with Gasteiger partial charge in [-0.2, -0.15) is 4.39 Å². The molecule has 1 atom stereocenters. The maximum absolute atomic E-state index is 13.7. The molecule has 0 radical (unpaired) electrons. The summed E-state index contributed by atoms with van der Waals surface area (Å²) in [5.41, 5.74) is -0.238. The smallest absolute Gasteiger partial charge is 0.327 e. The highest BCUT2D eigenvalue weighted by molar-refractivity contribution is 5.64. The minimum Gasteiger partial charge on any atom is -0.467 e. The lowest BCUT2D eigenvalue weighted by Crippen LogP contribution is -2.38. The number of furan rings is 1. The number of para-hydroxylation sites is 1. The number of nitrogens with zero attached hydrogens (tertiary/aromatic N) is 2. The van der Waals surface area contributed by atoms with Gasteiger partial charge in [-0.3, -0.25) is 10.1 Å². The van der Waals surface area contributed by atoms with Gasteiger partial charge in [-0.1, -0.05) is 6.07 Å². The van der Waals surface area contributed by atoms with E-state index in [1.165, 1.54) is 6.07 Å². The average molecular weight is 292 g/mol. The van der Waals surface area contributed by atoms with Crippen LogP contribution in [0.3, 0.4) is 0 Å². The van der Waals surface area contributed by atoms with Gasteiger partial charge in [0.05, 0.1) is 24.3 Å². The number of nitro groups is 1. The molecule has 2 heterocycles. The summed E-state index contributed by atoms with van der Waals surface area (Å²) in [6.07, 6.45) is 1.22. The summed E-state index contributed by atoms with van der Waals surface area (Å²) in [4.78, 5) is 12.1. The molecule has 0 spiro atoms. The predicted octanol–water partition coefficient (Wildman–Crippen LogP) is 2.90. The van der Waals surface area contributed by atoms with Gasteiger partial charge in [0.1, 0.15) is 17.6 Å². The van der Waals surface area contributed by atoms with Crippen molar-refractivity contribution in [2.45, 2.75) is 6.10 Å². The van der Waals surface area contributed by atoms with Gasteiger partial charge < -0.3 is 14.1 Å². The van der Waals surface area contributed by atoms with E-state index in [0.717, 1.165) is 6.07 Å². The lowest BCUT2D eigenvalue weighted by molar-refractivity contribution is -0.386. The third-order valence-electron chi connectivity index (χ3n) is 3.42. The van der Waals surface area contributed by atoms with Gasteiger partial charge in [0, 0.05) is 6.54 Å². The number of benzene rings is 1. The van der Waals surface area contributed by atoms with E-state index in [-0.39, 0.29) is 11.8 Å². The van der Waals surface area contributed by atoms with Crippen molar-refractivity contribution in [2.24, 2.45) is 0 Å². The quantitative estimate of drug-likeness (QED) is 0.642. The van der Waals surface area contributed by atoms with Crippen LogP contribution in [0.2, 0.25) is 0 Å². The first-order chi connectivity index (χ1) is 10.2. The highest BCUT2D eigenvalue weighted by atomic mass is 19.1. The average Bonchev–Trinajstić information content (AvgIpc) is 3.01. The molecule has 1 aromatic heterocycles. The zero-order valence-corrected chi connectivity index (χ0v) is 11.1. The monoisotopic (exact) mass is 292 g/mol. The molecule has 1 aliphatic heterocycles. The zero-order chi connectivity index (χ0) is 14.8. The first kappa shape index (κ1) is 13.6. The Balaban J connectivity index is 1.90. The molecule has 1 aliphatic rings. The summed E-state index contributed by atoms with van der Waals surface area (Å²) >= 11 is 0. The highest BCUT2D eigenvalue weighted by Crippen LogP contribution is 2.34. The number of halogens is 1. The Kier molecular flexibility index (Phi) is 3.57. The Morgan fingerprint density at radius 2 is 2.19 bits per heavy atom. The fourth-order valence-electron chi connectivity index (χ4n) is 2.45. The molecule has 21 heavy (non-hydrogen) atoms. The van der Waals surface area contributed by atoms with Crippen molar-refractivity contribution >= 4 is 11.4 Å². The summed E-state index contributed by atoms with van der Waals surface area (Å²) < 4.78 is 24.6. The molecule has 1 fully saturated rings. The summed E-state index contributed by atoms with van der Waals surface area (Å²) in [6, 6.07) is 7.64. The van der Waals surface area contributed by atoms with Gasteiger partial charge in [0.2, 0.25) is 5.82 Å². The molecular formula is C14H13FN2O4. The fourth-order valence-corrected chi connectivity index (χ4v) is 2.45. The topological polar surface area (TPSA) is 68.8 Å². The lowest BCUT2D eigenvalue weighted by atomic mass is 10.1. The van der Waals surface area contributed by atoms with Crippen molar-refractivity contribution in [2.75, 3.05) is 24.6 Å². The number of hydrogen-bond donors (Lipinski definition) is 0. The van der Waals surface area contributed by atoms with E-state index in [4.69, 9.17) is 9.15 Å². The van der Waals surface area contributed by atoms with Crippen LogP contribution in [0.25, 0.3) is 0 Å². The normalized spacial score (nSPS) is 18.7. The molecule has 3 rings (SSSR count). The number of anilines is 1. The fraction of sp³-hybridized carbons (Fsp3) is 0.286. The zero-order valence-electron chi connectivity index (χ0n) is 11.1. The molecule has 1 aromatic carbocycles. The summed E-state index contributed by atoms with van der Waals surface area (Å²) in [5, 5.41) is 11.1. The van der Waals surface area contributed by atoms with E-state index in [0.29, 0.717) is 25.5 Å². The van der Waals surface area contributed by atoms with Crippen LogP contribution >= 0.6 is 0 Å². The molecule has 0 amide bonds. The van der Waals surface area contributed by atoms with E-state index in [1.54, 1.807) is 29.4 Å². The predicted molar refractivity (Wildman–Crippen MR) is 72.7 cm³/mol. The van der Waals surface area contributed by atoms with Gasteiger partial charge in [-0.15, -0.1) is 0 Å². The second kappa shape index (κ2) is 5.53.